The Morgan fingerprint density at radius 1 is 1.12 bits per heavy atom. The van der Waals surface area contributed by atoms with E-state index in [2.05, 4.69) is 53.4 Å². The molecule has 0 bridgehead atoms. The Morgan fingerprint density at radius 2 is 1.83 bits per heavy atom. The van der Waals surface area contributed by atoms with Gasteiger partial charge in [0, 0.05) is 11.1 Å². The Kier molecular flexibility index (Phi) is 4.26. The highest BCUT2D eigenvalue weighted by Gasteiger charge is 2.29. The fourth-order valence-corrected chi connectivity index (χ4v) is 3.00. The second-order valence-corrected chi connectivity index (χ2v) is 7.04. The monoisotopic (exact) mass is 324 g/mol. The van der Waals surface area contributed by atoms with Crippen LogP contribution < -0.4 is 0 Å². The quantitative estimate of drug-likeness (QED) is 0.711. The Labute approximate surface area is 142 Å². The first kappa shape index (κ1) is 16.4. The molecule has 5 nitrogen and oxygen atoms in total. The van der Waals surface area contributed by atoms with Crippen LogP contribution >= 0.6 is 0 Å². The second kappa shape index (κ2) is 6.23. The van der Waals surface area contributed by atoms with Crippen LogP contribution in [0.4, 0.5) is 0 Å². The highest BCUT2D eigenvalue weighted by molar-refractivity contribution is 5.19. The van der Waals surface area contributed by atoms with Gasteiger partial charge in [0.1, 0.15) is 6.04 Å². The summed E-state index contributed by atoms with van der Waals surface area (Å²) in [5.41, 5.74) is 3.11. The molecule has 1 unspecified atom stereocenters. The molecule has 0 amide bonds. The molecular formula is C19H24N4O. The standard InChI is InChI=1S/C19H24N4O/c1-13-11-14(2)23(22-13)15(3)17-20-21-18(24-17)19(4,5)12-16-9-7-6-8-10-16/h6-11,15H,12H2,1-5H3. The van der Waals surface area contributed by atoms with Gasteiger partial charge in [-0.2, -0.15) is 5.10 Å². The van der Waals surface area contributed by atoms with Crippen LogP contribution in [0.25, 0.3) is 0 Å². The summed E-state index contributed by atoms with van der Waals surface area (Å²) in [4.78, 5) is 0. The van der Waals surface area contributed by atoms with E-state index in [4.69, 9.17) is 4.42 Å². The maximum absolute atomic E-state index is 6.02. The van der Waals surface area contributed by atoms with Crippen molar-refractivity contribution in [1.82, 2.24) is 20.0 Å². The molecule has 126 valence electrons. The molecule has 3 rings (SSSR count). The zero-order valence-electron chi connectivity index (χ0n) is 14.9. The van der Waals surface area contributed by atoms with Crippen molar-refractivity contribution in [3.8, 4) is 0 Å². The lowest BCUT2D eigenvalue weighted by molar-refractivity contribution is 0.326. The van der Waals surface area contributed by atoms with Crippen LogP contribution in [0, 0.1) is 13.8 Å². The van der Waals surface area contributed by atoms with Gasteiger partial charge in [0.25, 0.3) is 0 Å². The van der Waals surface area contributed by atoms with Crippen LogP contribution in [0.5, 0.6) is 0 Å². The van der Waals surface area contributed by atoms with E-state index in [-0.39, 0.29) is 11.5 Å². The van der Waals surface area contributed by atoms with Gasteiger partial charge in [-0.15, -0.1) is 10.2 Å². The maximum atomic E-state index is 6.02. The SMILES string of the molecule is Cc1cc(C)n(C(C)c2nnc(C(C)(C)Cc3ccccc3)o2)n1. The Bertz CT molecular complexity index is 817. The van der Waals surface area contributed by atoms with Crippen molar-refractivity contribution in [1.29, 1.82) is 0 Å². The predicted molar refractivity (Wildman–Crippen MR) is 93.0 cm³/mol. The first-order valence-electron chi connectivity index (χ1n) is 8.27. The fraction of sp³-hybridized carbons (Fsp3) is 0.421. The molecule has 0 aliphatic rings. The van der Waals surface area contributed by atoms with Gasteiger partial charge in [-0.1, -0.05) is 44.2 Å². The Hall–Kier alpha value is -2.43. The third-order valence-electron chi connectivity index (χ3n) is 4.28. The third-order valence-corrected chi connectivity index (χ3v) is 4.28. The first-order chi connectivity index (χ1) is 11.4. The van der Waals surface area contributed by atoms with E-state index in [1.165, 1.54) is 5.56 Å². The molecule has 0 saturated carbocycles. The van der Waals surface area contributed by atoms with Crippen molar-refractivity contribution in [2.75, 3.05) is 0 Å². The summed E-state index contributed by atoms with van der Waals surface area (Å²) in [6.07, 6.45) is 0.851. The second-order valence-electron chi connectivity index (χ2n) is 7.04. The zero-order chi connectivity index (χ0) is 17.3. The average molecular weight is 324 g/mol. The van der Waals surface area contributed by atoms with Crippen molar-refractivity contribution in [2.24, 2.45) is 0 Å². The molecule has 0 fully saturated rings. The molecule has 0 aliphatic heterocycles. The molecule has 24 heavy (non-hydrogen) atoms. The summed E-state index contributed by atoms with van der Waals surface area (Å²) >= 11 is 0. The molecular weight excluding hydrogens is 300 g/mol. The van der Waals surface area contributed by atoms with Crippen molar-refractivity contribution in [3.05, 3.63) is 65.1 Å². The smallest absolute Gasteiger partial charge is 0.240 e. The van der Waals surface area contributed by atoms with E-state index in [1.807, 2.05) is 37.6 Å². The highest BCUT2D eigenvalue weighted by atomic mass is 16.4. The number of hydrogen-bond acceptors (Lipinski definition) is 4. The topological polar surface area (TPSA) is 56.7 Å². The van der Waals surface area contributed by atoms with Gasteiger partial charge in [-0.25, -0.2) is 0 Å². The minimum Gasteiger partial charge on any atom is -0.422 e. The van der Waals surface area contributed by atoms with Crippen molar-refractivity contribution >= 4 is 0 Å². The lowest BCUT2D eigenvalue weighted by Crippen LogP contribution is -2.21. The van der Waals surface area contributed by atoms with Gasteiger partial charge >= 0.3 is 0 Å². The molecule has 2 heterocycles. The molecule has 1 atom stereocenters. The van der Waals surface area contributed by atoms with Crippen molar-refractivity contribution < 1.29 is 4.42 Å². The van der Waals surface area contributed by atoms with Gasteiger partial charge in [0.05, 0.1) is 5.69 Å². The summed E-state index contributed by atoms with van der Waals surface area (Å²) in [6.45, 7) is 10.3. The normalized spacial score (nSPS) is 13.2. The van der Waals surface area contributed by atoms with Crippen molar-refractivity contribution in [2.45, 2.75) is 52.5 Å². The third kappa shape index (κ3) is 3.25. The van der Waals surface area contributed by atoms with Crippen LogP contribution in [-0.4, -0.2) is 20.0 Å². The van der Waals surface area contributed by atoms with Crippen LogP contribution in [-0.2, 0) is 11.8 Å². The summed E-state index contributed by atoms with van der Waals surface area (Å²) in [7, 11) is 0. The number of rotatable bonds is 5. The molecule has 2 aromatic heterocycles. The molecule has 3 aromatic rings. The largest absolute Gasteiger partial charge is 0.422 e. The van der Waals surface area contributed by atoms with Gasteiger partial charge < -0.3 is 4.42 Å². The van der Waals surface area contributed by atoms with Crippen LogP contribution in [0.15, 0.2) is 40.8 Å². The highest BCUT2D eigenvalue weighted by Crippen LogP contribution is 2.28. The molecule has 0 aliphatic carbocycles. The molecule has 0 saturated heterocycles. The van der Waals surface area contributed by atoms with E-state index < -0.39 is 0 Å². The summed E-state index contributed by atoms with van der Waals surface area (Å²) < 4.78 is 7.95. The minimum atomic E-state index is -0.221. The molecule has 0 N–H and O–H groups in total. The Balaban J connectivity index is 1.83. The van der Waals surface area contributed by atoms with Gasteiger partial charge in [0.15, 0.2) is 0 Å². The van der Waals surface area contributed by atoms with Crippen molar-refractivity contribution in [3.63, 3.8) is 0 Å². The lowest BCUT2D eigenvalue weighted by atomic mass is 9.86. The number of hydrogen-bond donors (Lipinski definition) is 0. The maximum Gasteiger partial charge on any atom is 0.240 e. The van der Waals surface area contributed by atoms with Crippen LogP contribution in [0.2, 0.25) is 0 Å². The van der Waals surface area contributed by atoms with Gasteiger partial charge in [-0.05, 0) is 38.8 Å². The van der Waals surface area contributed by atoms with Crippen LogP contribution in [0.3, 0.4) is 0 Å². The fourth-order valence-electron chi connectivity index (χ4n) is 3.00. The van der Waals surface area contributed by atoms with E-state index in [9.17, 15) is 0 Å². The van der Waals surface area contributed by atoms with Crippen LogP contribution in [0.1, 0.15) is 55.5 Å². The summed E-state index contributed by atoms with van der Waals surface area (Å²) in [5.74, 6) is 1.26. The molecule has 1 aromatic carbocycles. The average Bonchev–Trinajstić information content (AvgIpc) is 3.14. The molecule has 0 spiro atoms. The zero-order valence-corrected chi connectivity index (χ0v) is 14.9. The lowest BCUT2D eigenvalue weighted by Gasteiger charge is -2.20. The summed E-state index contributed by atoms with van der Waals surface area (Å²) in [5, 5.41) is 13.1. The van der Waals surface area contributed by atoms with Gasteiger partial charge in [0.2, 0.25) is 11.8 Å². The first-order valence-corrected chi connectivity index (χ1v) is 8.27. The Morgan fingerprint density at radius 3 is 2.46 bits per heavy atom. The van der Waals surface area contributed by atoms with E-state index in [0.717, 1.165) is 17.8 Å². The predicted octanol–water partition coefficient (Wildman–Crippen LogP) is 4.01. The van der Waals surface area contributed by atoms with Gasteiger partial charge in [-0.3, -0.25) is 4.68 Å². The number of nitrogens with zero attached hydrogens (tertiary/aromatic N) is 4. The number of benzene rings is 1. The van der Waals surface area contributed by atoms with E-state index in [0.29, 0.717) is 11.8 Å². The molecule has 0 radical (unpaired) electrons. The van der Waals surface area contributed by atoms with E-state index >= 15 is 0 Å². The molecule has 5 heteroatoms. The minimum absolute atomic E-state index is 0.0764. The number of aromatic nitrogens is 4. The summed E-state index contributed by atoms with van der Waals surface area (Å²) in [6, 6.07) is 12.3. The van der Waals surface area contributed by atoms with E-state index in [1.54, 1.807) is 0 Å². The number of aryl methyl sites for hydroxylation is 2.